The van der Waals surface area contributed by atoms with E-state index in [1.165, 1.54) is 6.20 Å². The number of pyridine rings is 1. The molecule has 0 saturated heterocycles. The third-order valence-electron chi connectivity index (χ3n) is 2.19. The smallest absolute Gasteiger partial charge is 0.151 e. The molecule has 4 nitrogen and oxygen atoms in total. The summed E-state index contributed by atoms with van der Waals surface area (Å²) in [5.74, 6) is 0.785. The minimum absolute atomic E-state index is 0.487. The van der Waals surface area contributed by atoms with Crippen molar-refractivity contribution in [1.29, 1.82) is 0 Å². The number of likely N-dealkylation sites (N-methyl/N-ethyl adjacent to an activating group) is 1. The van der Waals surface area contributed by atoms with E-state index in [1.54, 1.807) is 19.9 Å². The zero-order valence-corrected chi connectivity index (χ0v) is 10.2. The van der Waals surface area contributed by atoms with E-state index in [1.807, 2.05) is 18.9 Å². The Morgan fingerprint density at radius 2 is 2.19 bits per heavy atom. The Morgan fingerprint density at radius 1 is 1.56 bits per heavy atom. The van der Waals surface area contributed by atoms with Crippen LogP contribution < -0.4 is 4.90 Å². The first kappa shape index (κ1) is 12.6. The van der Waals surface area contributed by atoms with Crippen molar-refractivity contribution >= 4 is 12.1 Å². The maximum atomic E-state index is 10.6. The van der Waals surface area contributed by atoms with Gasteiger partial charge in [-0.3, -0.25) is 4.79 Å². The van der Waals surface area contributed by atoms with E-state index in [2.05, 4.69) is 4.98 Å². The third-order valence-corrected chi connectivity index (χ3v) is 2.19. The summed E-state index contributed by atoms with van der Waals surface area (Å²) in [6.07, 6.45) is 2.32. The number of carbonyl (C=O) groups excluding carboxylic acids is 1. The molecule has 1 heterocycles. The lowest BCUT2D eigenvalue weighted by Gasteiger charge is -2.27. The summed E-state index contributed by atoms with van der Waals surface area (Å²) in [7, 11) is 1.87. The van der Waals surface area contributed by atoms with Gasteiger partial charge >= 0.3 is 0 Å². The molecule has 0 bridgehead atoms. The molecule has 88 valence electrons. The van der Waals surface area contributed by atoms with Crippen LogP contribution in [0.3, 0.4) is 0 Å². The van der Waals surface area contributed by atoms with Crippen molar-refractivity contribution in [3.05, 3.63) is 23.4 Å². The van der Waals surface area contributed by atoms with Gasteiger partial charge in [0.25, 0.3) is 0 Å². The van der Waals surface area contributed by atoms with E-state index in [0.717, 1.165) is 17.7 Å². The molecule has 0 saturated carbocycles. The van der Waals surface area contributed by atoms with Crippen LogP contribution in [-0.2, 0) is 0 Å². The zero-order valence-electron chi connectivity index (χ0n) is 10.2. The summed E-state index contributed by atoms with van der Waals surface area (Å²) in [6.45, 7) is 5.88. The van der Waals surface area contributed by atoms with Gasteiger partial charge < -0.3 is 10.0 Å². The van der Waals surface area contributed by atoms with E-state index >= 15 is 0 Å². The molecule has 0 aliphatic carbocycles. The lowest BCUT2D eigenvalue weighted by Crippen LogP contribution is -2.37. The Balaban J connectivity index is 2.92. The van der Waals surface area contributed by atoms with E-state index in [-0.39, 0.29) is 0 Å². The topological polar surface area (TPSA) is 53.4 Å². The third kappa shape index (κ3) is 3.31. The van der Waals surface area contributed by atoms with Gasteiger partial charge in [-0.15, -0.1) is 0 Å². The Hall–Kier alpha value is -1.42. The average molecular weight is 222 g/mol. The fourth-order valence-electron chi connectivity index (χ4n) is 1.71. The highest BCUT2D eigenvalue weighted by Crippen LogP contribution is 2.18. The standard InChI is InChI=1S/C12H18N2O2/c1-9-5-10(7-15)6-13-11(9)14(4)8-12(2,3)16/h5-7,16H,8H2,1-4H3. The van der Waals surface area contributed by atoms with Crippen molar-refractivity contribution in [3.8, 4) is 0 Å². The molecule has 0 spiro atoms. The molecule has 0 radical (unpaired) electrons. The van der Waals surface area contributed by atoms with Gasteiger partial charge in [-0.1, -0.05) is 0 Å². The number of aryl methyl sites for hydroxylation is 1. The van der Waals surface area contributed by atoms with Gasteiger partial charge in [-0.25, -0.2) is 4.98 Å². The van der Waals surface area contributed by atoms with Gasteiger partial charge in [0.15, 0.2) is 6.29 Å². The number of rotatable bonds is 4. The molecule has 1 aromatic heterocycles. The van der Waals surface area contributed by atoms with Crippen LogP contribution in [0, 0.1) is 6.92 Å². The monoisotopic (exact) mass is 222 g/mol. The molecular weight excluding hydrogens is 204 g/mol. The maximum Gasteiger partial charge on any atom is 0.151 e. The average Bonchev–Trinajstić information content (AvgIpc) is 2.14. The molecular formula is C12H18N2O2. The summed E-state index contributed by atoms with van der Waals surface area (Å²) in [5.41, 5.74) is 0.723. The SMILES string of the molecule is Cc1cc(C=O)cnc1N(C)CC(C)(C)O. The fourth-order valence-corrected chi connectivity index (χ4v) is 1.71. The van der Waals surface area contributed by atoms with Crippen molar-refractivity contribution in [1.82, 2.24) is 4.98 Å². The molecule has 0 aromatic carbocycles. The maximum absolute atomic E-state index is 10.6. The van der Waals surface area contributed by atoms with Gasteiger partial charge in [0.2, 0.25) is 0 Å². The van der Waals surface area contributed by atoms with E-state index in [0.29, 0.717) is 12.1 Å². The van der Waals surface area contributed by atoms with Crippen LogP contribution in [-0.4, -0.2) is 35.6 Å². The molecule has 0 fully saturated rings. The number of hydrogen-bond donors (Lipinski definition) is 1. The lowest BCUT2D eigenvalue weighted by atomic mass is 10.1. The van der Waals surface area contributed by atoms with Crippen LogP contribution >= 0.6 is 0 Å². The summed E-state index contributed by atoms with van der Waals surface area (Å²) >= 11 is 0. The minimum atomic E-state index is -0.772. The van der Waals surface area contributed by atoms with Crippen LogP contribution in [0.4, 0.5) is 5.82 Å². The lowest BCUT2D eigenvalue weighted by molar-refractivity contribution is 0.0884. The predicted molar refractivity (Wildman–Crippen MR) is 63.9 cm³/mol. The molecule has 1 aromatic rings. The quantitative estimate of drug-likeness (QED) is 0.783. The first-order valence-corrected chi connectivity index (χ1v) is 5.19. The van der Waals surface area contributed by atoms with Crippen LogP contribution in [0.2, 0.25) is 0 Å². The molecule has 0 amide bonds. The van der Waals surface area contributed by atoms with Gasteiger partial charge in [-0.2, -0.15) is 0 Å². The summed E-state index contributed by atoms with van der Waals surface area (Å²) < 4.78 is 0. The van der Waals surface area contributed by atoms with Gasteiger partial charge in [0.05, 0.1) is 5.60 Å². The van der Waals surface area contributed by atoms with Crippen LogP contribution in [0.5, 0.6) is 0 Å². The molecule has 4 heteroatoms. The number of anilines is 1. The molecule has 1 N–H and O–H groups in total. The van der Waals surface area contributed by atoms with Crippen LogP contribution in [0.15, 0.2) is 12.3 Å². The second-order valence-corrected chi connectivity index (χ2v) is 4.70. The first-order valence-electron chi connectivity index (χ1n) is 5.19. The molecule has 0 unspecified atom stereocenters. The zero-order chi connectivity index (χ0) is 12.3. The van der Waals surface area contributed by atoms with Crippen molar-refractivity contribution in [2.45, 2.75) is 26.4 Å². The molecule has 16 heavy (non-hydrogen) atoms. The highest BCUT2D eigenvalue weighted by atomic mass is 16.3. The van der Waals surface area contributed by atoms with Crippen molar-refractivity contribution in [2.24, 2.45) is 0 Å². The Morgan fingerprint density at radius 3 is 2.62 bits per heavy atom. The van der Waals surface area contributed by atoms with Crippen molar-refractivity contribution < 1.29 is 9.90 Å². The number of nitrogens with zero attached hydrogens (tertiary/aromatic N) is 2. The second-order valence-electron chi connectivity index (χ2n) is 4.70. The molecule has 0 atom stereocenters. The number of hydrogen-bond acceptors (Lipinski definition) is 4. The minimum Gasteiger partial charge on any atom is -0.389 e. The van der Waals surface area contributed by atoms with Gasteiger partial charge in [0.1, 0.15) is 5.82 Å². The van der Waals surface area contributed by atoms with E-state index in [9.17, 15) is 9.90 Å². The fraction of sp³-hybridized carbons (Fsp3) is 0.500. The van der Waals surface area contributed by atoms with E-state index in [4.69, 9.17) is 0 Å². The second kappa shape index (κ2) is 4.61. The predicted octanol–water partition coefficient (Wildman–Crippen LogP) is 1.41. The normalized spacial score (nSPS) is 11.3. The van der Waals surface area contributed by atoms with Crippen LogP contribution in [0.1, 0.15) is 29.8 Å². The Labute approximate surface area is 95.9 Å². The largest absolute Gasteiger partial charge is 0.389 e. The Kier molecular flexibility index (Phi) is 3.65. The molecule has 0 aliphatic rings. The van der Waals surface area contributed by atoms with Crippen LogP contribution in [0.25, 0.3) is 0 Å². The number of carbonyl (C=O) groups is 1. The highest BCUT2D eigenvalue weighted by molar-refractivity contribution is 5.75. The highest BCUT2D eigenvalue weighted by Gasteiger charge is 2.17. The number of aliphatic hydroxyl groups is 1. The first-order chi connectivity index (χ1) is 7.33. The van der Waals surface area contributed by atoms with Crippen molar-refractivity contribution in [2.75, 3.05) is 18.5 Å². The number of aromatic nitrogens is 1. The summed E-state index contributed by atoms with van der Waals surface area (Å²) in [4.78, 5) is 16.7. The summed E-state index contributed by atoms with van der Waals surface area (Å²) in [6, 6.07) is 1.79. The Bertz CT molecular complexity index is 383. The summed E-state index contributed by atoms with van der Waals surface area (Å²) in [5, 5.41) is 9.72. The van der Waals surface area contributed by atoms with E-state index < -0.39 is 5.60 Å². The van der Waals surface area contributed by atoms with Gasteiger partial charge in [-0.05, 0) is 32.4 Å². The van der Waals surface area contributed by atoms with Crippen molar-refractivity contribution in [3.63, 3.8) is 0 Å². The van der Waals surface area contributed by atoms with Gasteiger partial charge in [0, 0.05) is 25.4 Å². The number of aldehydes is 1. The molecule has 1 rings (SSSR count). The molecule has 0 aliphatic heterocycles.